The molecule has 5 aromatic rings. The van der Waals surface area contributed by atoms with E-state index in [0.717, 1.165) is 27.6 Å². The van der Waals surface area contributed by atoms with Gasteiger partial charge in [-0.25, -0.2) is 9.67 Å². The van der Waals surface area contributed by atoms with Gasteiger partial charge in [-0.2, -0.15) is 5.10 Å². The summed E-state index contributed by atoms with van der Waals surface area (Å²) < 4.78 is 5.09. The number of pyridine rings is 1. The molecule has 8 nitrogen and oxygen atoms in total. The fourth-order valence-corrected chi connectivity index (χ4v) is 3.55. The van der Waals surface area contributed by atoms with Crippen molar-refractivity contribution in [3.05, 3.63) is 72.9 Å². The predicted octanol–water partition coefficient (Wildman–Crippen LogP) is 3.40. The minimum Gasteiger partial charge on any atom is -0.275 e. The van der Waals surface area contributed by atoms with E-state index in [2.05, 4.69) is 20.4 Å². The van der Waals surface area contributed by atoms with Gasteiger partial charge in [-0.3, -0.25) is 14.0 Å². The molecule has 0 aliphatic heterocycles. The van der Waals surface area contributed by atoms with Crippen LogP contribution in [0.5, 0.6) is 0 Å². The average molecular weight is 397 g/mol. The van der Waals surface area contributed by atoms with E-state index in [1.807, 2.05) is 55.8 Å². The molecule has 4 aromatic heterocycles. The molecule has 0 spiro atoms. The van der Waals surface area contributed by atoms with Gasteiger partial charge in [0, 0.05) is 54.6 Å². The second-order valence-electron chi connectivity index (χ2n) is 7.22. The molecule has 0 unspecified atom stereocenters. The smallest absolute Gasteiger partial charge is 0.229 e. The monoisotopic (exact) mass is 397 g/mol. The van der Waals surface area contributed by atoms with Crippen molar-refractivity contribution >= 4 is 16.9 Å². The fourth-order valence-electron chi connectivity index (χ4n) is 3.55. The highest BCUT2D eigenvalue weighted by atomic mass is 16.1. The topological polar surface area (TPSA) is 83.4 Å². The molecule has 0 atom stereocenters. The van der Waals surface area contributed by atoms with E-state index in [1.165, 1.54) is 6.92 Å². The van der Waals surface area contributed by atoms with Gasteiger partial charge in [-0.1, -0.05) is 35.5 Å². The highest BCUT2D eigenvalue weighted by Gasteiger charge is 2.17. The van der Waals surface area contributed by atoms with E-state index in [1.54, 1.807) is 32.5 Å². The second kappa shape index (κ2) is 7.07. The van der Waals surface area contributed by atoms with E-state index in [0.29, 0.717) is 17.9 Å². The highest BCUT2D eigenvalue weighted by molar-refractivity contribution is 6.00. The van der Waals surface area contributed by atoms with Crippen LogP contribution in [0.4, 0.5) is 0 Å². The molecule has 0 fully saturated rings. The number of hydrogen-bond donors (Lipinski definition) is 0. The van der Waals surface area contributed by atoms with Crippen molar-refractivity contribution in [3.8, 4) is 22.4 Å². The number of fused-ring (bicyclic) bond motifs is 1. The van der Waals surface area contributed by atoms with Crippen LogP contribution in [0.3, 0.4) is 0 Å². The van der Waals surface area contributed by atoms with E-state index < -0.39 is 0 Å². The van der Waals surface area contributed by atoms with Crippen LogP contribution < -0.4 is 0 Å². The Morgan fingerprint density at radius 3 is 2.60 bits per heavy atom. The Labute approximate surface area is 172 Å². The van der Waals surface area contributed by atoms with E-state index >= 15 is 0 Å². The predicted molar refractivity (Wildman–Crippen MR) is 113 cm³/mol. The molecule has 0 saturated heterocycles. The molecule has 4 heterocycles. The highest BCUT2D eigenvalue weighted by Crippen LogP contribution is 2.31. The summed E-state index contributed by atoms with van der Waals surface area (Å²) in [6.45, 7) is 2.14. The largest absolute Gasteiger partial charge is 0.275 e. The summed E-state index contributed by atoms with van der Waals surface area (Å²) in [5, 5.41) is 13.7. The first-order chi connectivity index (χ1) is 14.6. The van der Waals surface area contributed by atoms with Crippen LogP contribution >= 0.6 is 0 Å². The summed E-state index contributed by atoms with van der Waals surface area (Å²) in [6, 6.07) is 12.1. The zero-order valence-electron chi connectivity index (χ0n) is 16.6. The van der Waals surface area contributed by atoms with Gasteiger partial charge in [0.05, 0.1) is 18.9 Å². The van der Waals surface area contributed by atoms with Crippen LogP contribution in [0, 0.1) is 0 Å². The molecular formula is C22H19N7O. The summed E-state index contributed by atoms with van der Waals surface area (Å²) in [7, 11) is 1.87. The molecule has 30 heavy (non-hydrogen) atoms. The number of carbonyl (C=O) groups excluding carboxylic acids is 1. The van der Waals surface area contributed by atoms with E-state index in [4.69, 9.17) is 0 Å². The molecular weight excluding hydrogens is 378 g/mol. The minimum atomic E-state index is -0.107. The molecule has 5 rings (SSSR count). The Kier molecular flexibility index (Phi) is 4.24. The number of aryl methyl sites for hydroxylation is 1. The number of aromatic nitrogens is 7. The zero-order chi connectivity index (χ0) is 20.7. The van der Waals surface area contributed by atoms with Gasteiger partial charge < -0.3 is 0 Å². The molecule has 0 bridgehead atoms. The number of nitrogens with zero attached hydrogens (tertiary/aromatic N) is 7. The molecule has 148 valence electrons. The Morgan fingerprint density at radius 2 is 1.87 bits per heavy atom. The minimum absolute atomic E-state index is 0.107. The zero-order valence-corrected chi connectivity index (χ0v) is 16.6. The first-order valence-electron chi connectivity index (χ1n) is 9.54. The third-order valence-electron chi connectivity index (χ3n) is 5.02. The molecule has 0 aliphatic carbocycles. The first-order valence-corrected chi connectivity index (χ1v) is 9.54. The average Bonchev–Trinajstić information content (AvgIpc) is 3.46. The number of carbonyl (C=O) groups is 1. The third-order valence-corrected chi connectivity index (χ3v) is 5.02. The van der Waals surface area contributed by atoms with Crippen LogP contribution in [-0.4, -0.2) is 40.2 Å². The lowest BCUT2D eigenvalue weighted by molar-refractivity contribution is 0.0941. The van der Waals surface area contributed by atoms with Crippen molar-refractivity contribution in [1.82, 2.24) is 34.3 Å². The Bertz CT molecular complexity index is 1360. The Morgan fingerprint density at radius 1 is 1.03 bits per heavy atom. The van der Waals surface area contributed by atoms with Crippen molar-refractivity contribution in [2.45, 2.75) is 13.5 Å². The summed E-state index contributed by atoms with van der Waals surface area (Å²) >= 11 is 0. The van der Waals surface area contributed by atoms with Gasteiger partial charge in [-0.15, -0.1) is 5.10 Å². The van der Waals surface area contributed by atoms with Gasteiger partial charge in [-0.05, 0) is 11.6 Å². The summed E-state index contributed by atoms with van der Waals surface area (Å²) in [5.74, 6) is -0.107. The summed E-state index contributed by atoms with van der Waals surface area (Å²) in [5.41, 5.74) is 5.14. The van der Waals surface area contributed by atoms with Crippen LogP contribution in [-0.2, 0) is 13.6 Å². The van der Waals surface area contributed by atoms with Gasteiger partial charge in [0.25, 0.3) is 0 Å². The second-order valence-corrected chi connectivity index (χ2v) is 7.22. The van der Waals surface area contributed by atoms with Gasteiger partial charge in [0.15, 0.2) is 0 Å². The molecule has 0 N–H and O–H groups in total. The van der Waals surface area contributed by atoms with Crippen molar-refractivity contribution in [1.29, 1.82) is 0 Å². The SMILES string of the molecule is CC(=O)n1cc(-c2cn(Cc3ccccc3)nn2)c2cc(-c3cnn(C)c3)cnc21. The molecule has 0 saturated carbocycles. The lowest BCUT2D eigenvalue weighted by Gasteiger charge is -2.01. The Hall–Kier alpha value is -4.07. The number of benzene rings is 1. The van der Waals surface area contributed by atoms with Crippen LogP contribution in [0.25, 0.3) is 33.4 Å². The van der Waals surface area contributed by atoms with Crippen LogP contribution in [0.2, 0.25) is 0 Å². The van der Waals surface area contributed by atoms with Crippen molar-refractivity contribution in [2.75, 3.05) is 0 Å². The van der Waals surface area contributed by atoms with Crippen molar-refractivity contribution in [2.24, 2.45) is 7.05 Å². The van der Waals surface area contributed by atoms with E-state index in [9.17, 15) is 4.79 Å². The van der Waals surface area contributed by atoms with Gasteiger partial charge in [0.2, 0.25) is 5.91 Å². The summed E-state index contributed by atoms with van der Waals surface area (Å²) in [4.78, 5) is 16.7. The van der Waals surface area contributed by atoms with Gasteiger partial charge >= 0.3 is 0 Å². The molecule has 1 aromatic carbocycles. The standard InChI is InChI=1S/C22H19N7O/c1-15(30)29-13-20(21-14-28(26-25-21)11-16-6-4-3-5-7-16)19-8-17(9-23-22(19)29)18-10-24-27(2)12-18/h3-10,12-14H,11H2,1-2H3. The molecule has 0 aliphatic rings. The number of hydrogen-bond acceptors (Lipinski definition) is 5. The third kappa shape index (κ3) is 3.18. The van der Waals surface area contributed by atoms with Crippen LogP contribution in [0.15, 0.2) is 67.4 Å². The summed E-state index contributed by atoms with van der Waals surface area (Å²) in [6.07, 6.45) is 9.16. The van der Waals surface area contributed by atoms with Crippen molar-refractivity contribution < 1.29 is 4.79 Å². The normalized spacial score (nSPS) is 11.3. The lowest BCUT2D eigenvalue weighted by atomic mass is 10.1. The molecule has 8 heteroatoms. The lowest BCUT2D eigenvalue weighted by Crippen LogP contribution is -2.04. The maximum Gasteiger partial charge on any atom is 0.229 e. The van der Waals surface area contributed by atoms with Crippen molar-refractivity contribution in [3.63, 3.8) is 0 Å². The first kappa shape index (κ1) is 18.0. The molecule has 0 amide bonds. The number of rotatable bonds is 4. The fraction of sp³-hybridized carbons (Fsp3) is 0.136. The van der Waals surface area contributed by atoms with E-state index in [-0.39, 0.29) is 5.91 Å². The Balaban J connectivity index is 1.60. The van der Waals surface area contributed by atoms with Gasteiger partial charge in [0.1, 0.15) is 11.3 Å². The quantitative estimate of drug-likeness (QED) is 0.464. The molecule has 0 radical (unpaired) electrons. The van der Waals surface area contributed by atoms with Crippen LogP contribution in [0.1, 0.15) is 17.3 Å². The maximum atomic E-state index is 12.2. The maximum absolute atomic E-state index is 12.2.